The molecule has 4 aromatic rings. The second-order valence-corrected chi connectivity index (χ2v) is 15.3. The molecule has 3 atom stereocenters. The Balaban J connectivity index is 1.13. The summed E-state index contributed by atoms with van der Waals surface area (Å²) in [5.41, 5.74) is 3.96. The highest BCUT2D eigenvalue weighted by atomic mass is 16.6. The van der Waals surface area contributed by atoms with Crippen molar-refractivity contribution in [2.24, 2.45) is 5.92 Å². The standard InChI is InChI=1S/C47H52N4O8/c1-3-5-21-40(50-46(57)59-28-39-37-19-10-8-17-35(37)36-18-9-11-20-38(36)39)45(56)58-29-41(44(55)48-34-23-22-31-15-6-7-16-32(31)26-34)49-43(54)33(14-4-2)27-42(53)51-47(30-52)24-12-13-25-47/h3-4,6-11,15-20,22-23,26,33,39-41,52H,1-2,5,12-14,21,24-25,27-30H2,(H,48,55)(H,49,54)(H,50,57)(H,51,53). The Morgan fingerprint density at radius 1 is 0.780 bits per heavy atom. The Labute approximate surface area is 344 Å². The van der Waals surface area contributed by atoms with E-state index in [1.165, 1.54) is 6.08 Å². The maximum absolute atomic E-state index is 13.9. The first-order chi connectivity index (χ1) is 28.6. The van der Waals surface area contributed by atoms with Crippen LogP contribution in [-0.2, 0) is 28.7 Å². The molecule has 12 heteroatoms. The molecule has 6 rings (SSSR count). The third kappa shape index (κ3) is 10.6. The number of esters is 1. The first-order valence-electron chi connectivity index (χ1n) is 20.2. The summed E-state index contributed by atoms with van der Waals surface area (Å²) < 4.78 is 11.3. The normalized spacial score (nSPS) is 15.4. The fraction of sp³-hybridized carbons (Fsp3) is 0.340. The van der Waals surface area contributed by atoms with Gasteiger partial charge in [-0.05, 0) is 77.3 Å². The van der Waals surface area contributed by atoms with Crippen molar-refractivity contribution in [2.75, 3.05) is 25.1 Å². The third-order valence-corrected chi connectivity index (χ3v) is 11.1. The van der Waals surface area contributed by atoms with Crippen molar-refractivity contribution in [3.63, 3.8) is 0 Å². The molecule has 1 saturated carbocycles. The van der Waals surface area contributed by atoms with Crippen molar-refractivity contribution in [3.8, 4) is 11.1 Å². The van der Waals surface area contributed by atoms with Crippen molar-refractivity contribution in [1.29, 1.82) is 0 Å². The Kier molecular flexibility index (Phi) is 14.3. The first kappa shape index (κ1) is 42.3. The highest BCUT2D eigenvalue weighted by molar-refractivity contribution is 6.00. The van der Waals surface area contributed by atoms with Crippen molar-refractivity contribution in [3.05, 3.63) is 127 Å². The molecule has 0 spiro atoms. The van der Waals surface area contributed by atoms with Crippen LogP contribution in [0.15, 0.2) is 116 Å². The van der Waals surface area contributed by atoms with Gasteiger partial charge in [-0.2, -0.15) is 0 Å². The largest absolute Gasteiger partial charge is 0.461 e. The summed E-state index contributed by atoms with van der Waals surface area (Å²) >= 11 is 0. The van der Waals surface area contributed by atoms with E-state index in [9.17, 15) is 29.1 Å². The molecule has 2 aliphatic rings. The van der Waals surface area contributed by atoms with Gasteiger partial charge in [0.15, 0.2) is 0 Å². The molecule has 0 aromatic heterocycles. The predicted molar refractivity (Wildman–Crippen MR) is 226 cm³/mol. The number of carbonyl (C=O) groups is 5. The number of ether oxygens (including phenoxy) is 2. The molecule has 4 amide bonds. The fourth-order valence-electron chi connectivity index (χ4n) is 7.98. The van der Waals surface area contributed by atoms with Gasteiger partial charge in [0.2, 0.25) is 11.8 Å². The number of aliphatic hydroxyl groups excluding tert-OH is 1. The molecule has 3 unspecified atom stereocenters. The molecule has 0 bridgehead atoms. The minimum atomic E-state index is -1.39. The quantitative estimate of drug-likeness (QED) is 0.0516. The molecule has 59 heavy (non-hydrogen) atoms. The van der Waals surface area contributed by atoms with E-state index < -0.39 is 59.9 Å². The lowest BCUT2D eigenvalue weighted by atomic mass is 9.95. The maximum atomic E-state index is 13.9. The molecule has 12 nitrogen and oxygen atoms in total. The van der Waals surface area contributed by atoms with Crippen LogP contribution in [0.4, 0.5) is 10.5 Å². The number of allylic oxidation sites excluding steroid dienone is 2. The molecular formula is C47H52N4O8. The summed E-state index contributed by atoms with van der Waals surface area (Å²) in [7, 11) is 0. The topological polar surface area (TPSA) is 172 Å². The number of benzene rings is 4. The van der Waals surface area contributed by atoms with Crippen LogP contribution in [-0.4, -0.2) is 72.3 Å². The lowest BCUT2D eigenvalue weighted by molar-refractivity contribution is -0.148. The van der Waals surface area contributed by atoms with Gasteiger partial charge in [0, 0.05) is 18.0 Å². The molecule has 2 aliphatic carbocycles. The SMILES string of the molecule is C=CCCC(NC(=O)OCC1c2ccccc2-c2ccccc21)C(=O)OCC(NC(=O)C(CC=C)CC(=O)NC1(CO)CCCC1)C(=O)Nc1ccc2ccccc2c1. The van der Waals surface area contributed by atoms with E-state index in [4.69, 9.17) is 9.47 Å². The zero-order valence-electron chi connectivity index (χ0n) is 33.1. The van der Waals surface area contributed by atoms with Gasteiger partial charge in [-0.15, -0.1) is 13.2 Å². The fourth-order valence-corrected chi connectivity index (χ4v) is 7.98. The summed E-state index contributed by atoms with van der Waals surface area (Å²) in [6.07, 6.45) is 5.72. The lowest BCUT2D eigenvalue weighted by Crippen LogP contribution is -2.52. The highest BCUT2D eigenvalue weighted by Crippen LogP contribution is 2.44. The minimum Gasteiger partial charge on any atom is -0.461 e. The van der Waals surface area contributed by atoms with Gasteiger partial charge in [0.1, 0.15) is 25.3 Å². The molecule has 4 aromatic carbocycles. The number of hydrogen-bond donors (Lipinski definition) is 5. The molecule has 308 valence electrons. The Hall–Kier alpha value is -6.27. The van der Waals surface area contributed by atoms with E-state index in [0.29, 0.717) is 24.9 Å². The zero-order valence-corrected chi connectivity index (χ0v) is 33.1. The Morgan fingerprint density at radius 3 is 2.10 bits per heavy atom. The minimum absolute atomic E-state index is 0.0387. The van der Waals surface area contributed by atoms with E-state index in [1.807, 2.05) is 78.9 Å². The molecular weight excluding hydrogens is 749 g/mol. The van der Waals surface area contributed by atoms with Gasteiger partial charge in [-0.25, -0.2) is 9.59 Å². The average molecular weight is 801 g/mol. The Morgan fingerprint density at radius 2 is 1.44 bits per heavy atom. The van der Waals surface area contributed by atoms with E-state index in [-0.39, 0.29) is 38.4 Å². The third-order valence-electron chi connectivity index (χ3n) is 11.1. The number of carbonyl (C=O) groups excluding carboxylic acids is 5. The zero-order chi connectivity index (χ0) is 41.8. The second-order valence-electron chi connectivity index (χ2n) is 15.3. The molecule has 0 saturated heterocycles. The predicted octanol–water partition coefficient (Wildman–Crippen LogP) is 6.68. The van der Waals surface area contributed by atoms with Crippen LogP contribution in [0.5, 0.6) is 0 Å². The smallest absolute Gasteiger partial charge is 0.407 e. The highest BCUT2D eigenvalue weighted by Gasteiger charge is 2.36. The number of fused-ring (bicyclic) bond motifs is 4. The number of rotatable bonds is 19. The van der Waals surface area contributed by atoms with E-state index in [0.717, 1.165) is 45.9 Å². The number of hydrogen-bond acceptors (Lipinski definition) is 8. The van der Waals surface area contributed by atoms with Crippen LogP contribution >= 0.6 is 0 Å². The number of aliphatic hydroxyl groups is 1. The van der Waals surface area contributed by atoms with Crippen molar-refractivity contribution in [2.45, 2.75) is 74.9 Å². The van der Waals surface area contributed by atoms with Gasteiger partial charge in [0.25, 0.3) is 5.91 Å². The lowest BCUT2D eigenvalue weighted by Gasteiger charge is -2.29. The average Bonchev–Trinajstić information content (AvgIpc) is 3.85. The summed E-state index contributed by atoms with van der Waals surface area (Å²) in [5.74, 6) is -3.64. The monoisotopic (exact) mass is 800 g/mol. The summed E-state index contributed by atoms with van der Waals surface area (Å²) in [6, 6.07) is 26.3. The number of nitrogens with one attached hydrogen (secondary N) is 4. The van der Waals surface area contributed by atoms with Crippen LogP contribution in [0.2, 0.25) is 0 Å². The molecule has 5 N–H and O–H groups in total. The second kappa shape index (κ2) is 19.9. The van der Waals surface area contributed by atoms with Gasteiger partial charge in [-0.3, -0.25) is 14.4 Å². The summed E-state index contributed by atoms with van der Waals surface area (Å²) in [4.78, 5) is 67.7. The Bertz CT molecular complexity index is 2130. The van der Waals surface area contributed by atoms with Crippen LogP contribution in [0.1, 0.15) is 68.4 Å². The number of alkyl carbamates (subject to hydrolysis) is 1. The number of amides is 4. The van der Waals surface area contributed by atoms with Gasteiger partial charge in [0.05, 0.1) is 18.1 Å². The molecule has 0 aliphatic heterocycles. The van der Waals surface area contributed by atoms with Crippen LogP contribution in [0.3, 0.4) is 0 Å². The van der Waals surface area contributed by atoms with Gasteiger partial charge < -0.3 is 35.8 Å². The van der Waals surface area contributed by atoms with Crippen LogP contribution in [0.25, 0.3) is 21.9 Å². The first-order valence-corrected chi connectivity index (χ1v) is 20.2. The van der Waals surface area contributed by atoms with Crippen molar-refractivity contribution in [1.82, 2.24) is 16.0 Å². The van der Waals surface area contributed by atoms with E-state index in [1.54, 1.807) is 18.2 Å². The van der Waals surface area contributed by atoms with Crippen LogP contribution < -0.4 is 21.3 Å². The van der Waals surface area contributed by atoms with Gasteiger partial charge >= 0.3 is 12.1 Å². The summed E-state index contributed by atoms with van der Waals surface area (Å²) in [6.45, 7) is 6.74. The van der Waals surface area contributed by atoms with E-state index >= 15 is 0 Å². The van der Waals surface area contributed by atoms with Crippen LogP contribution in [0, 0.1) is 5.92 Å². The summed E-state index contributed by atoms with van der Waals surface area (Å²) in [5, 5.41) is 22.9. The molecule has 0 radical (unpaired) electrons. The van der Waals surface area contributed by atoms with Gasteiger partial charge in [-0.1, -0.05) is 104 Å². The number of anilines is 1. The molecule has 0 heterocycles. The van der Waals surface area contributed by atoms with Crippen molar-refractivity contribution < 1.29 is 38.6 Å². The van der Waals surface area contributed by atoms with E-state index in [2.05, 4.69) is 34.4 Å². The molecule has 1 fully saturated rings. The van der Waals surface area contributed by atoms with Crippen molar-refractivity contribution >= 4 is 46.2 Å². The maximum Gasteiger partial charge on any atom is 0.407 e.